The van der Waals surface area contributed by atoms with Gasteiger partial charge in [-0.3, -0.25) is 0 Å². The Kier molecular flexibility index (Phi) is 5.59. The van der Waals surface area contributed by atoms with Gasteiger partial charge in [-0.15, -0.1) is 0 Å². The molecule has 0 aliphatic heterocycles. The number of pyridine rings is 1. The Morgan fingerprint density at radius 1 is 1.29 bits per heavy atom. The van der Waals surface area contributed by atoms with Gasteiger partial charge >= 0.3 is 0 Å². The summed E-state index contributed by atoms with van der Waals surface area (Å²) in [5, 5.41) is 4.00. The number of aryl methyl sites for hydroxylation is 1. The molecule has 0 saturated heterocycles. The van der Waals surface area contributed by atoms with Gasteiger partial charge in [0.15, 0.2) is 0 Å². The predicted molar refractivity (Wildman–Crippen MR) is 87.0 cm³/mol. The molecular formula is C17H21ClN2O. The van der Waals surface area contributed by atoms with Crippen LogP contribution in [0.25, 0.3) is 0 Å². The van der Waals surface area contributed by atoms with Crippen LogP contribution in [0.3, 0.4) is 0 Å². The lowest BCUT2D eigenvalue weighted by Gasteiger charge is -2.12. The van der Waals surface area contributed by atoms with Gasteiger partial charge in [0, 0.05) is 18.3 Å². The van der Waals surface area contributed by atoms with Crippen molar-refractivity contribution in [3.05, 3.63) is 52.7 Å². The van der Waals surface area contributed by atoms with Crippen molar-refractivity contribution in [1.82, 2.24) is 10.3 Å². The van der Waals surface area contributed by atoms with Crippen molar-refractivity contribution < 1.29 is 4.74 Å². The second-order valence-corrected chi connectivity index (χ2v) is 5.94. The second-order valence-electron chi connectivity index (χ2n) is 5.53. The molecule has 0 saturated carbocycles. The number of nitrogens with one attached hydrogen (secondary N) is 1. The predicted octanol–water partition coefficient (Wildman–Crippen LogP) is 4.58. The first-order valence-corrected chi connectivity index (χ1v) is 7.52. The first-order chi connectivity index (χ1) is 10.1. The van der Waals surface area contributed by atoms with Crippen LogP contribution >= 0.6 is 11.6 Å². The Morgan fingerprint density at radius 2 is 2.10 bits per heavy atom. The maximum atomic E-state index is 6.21. The van der Waals surface area contributed by atoms with Crippen LogP contribution in [0.1, 0.15) is 25.0 Å². The lowest BCUT2D eigenvalue weighted by molar-refractivity contribution is 0.450. The monoisotopic (exact) mass is 304 g/mol. The minimum Gasteiger partial charge on any atom is -0.437 e. The van der Waals surface area contributed by atoms with Crippen LogP contribution in [0, 0.1) is 12.8 Å². The summed E-state index contributed by atoms with van der Waals surface area (Å²) in [6.45, 7) is 8.04. The second kappa shape index (κ2) is 7.43. The molecular weight excluding hydrogens is 284 g/mol. The minimum absolute atomic E-state index is 0.597. The van der Waals surface area contributed by atoms with E-state index in [2.05, 4.69) is 24.1 Å². The van der Waals surface area contributed by atoms with Gasteiger partial charge in [-0.1, -0.05) is 37.6 Å². The topological polar surface area (TPSA) is 34.1 Å². The van der Waals surface area contributed by atoms with E-state index in [1.807, 2.05) is 37.3 Å². The summed E-state index contributed by atoms with van der Waals surface area (Å²) in [6.07, 6.45) is 1.73. The number of hydrogen-bond acceptors (Lipinski definition) is 3. The van der Waals surface area contributed by atoms with Gasteiger partial charge in [0.1, 0.15) is 5.75 Å². The Balaban J connectivity index is 2.12. The largest absolute Gasteiger partial charge is 0.437 e. The molecule has 3 nitrogen and oxygen atoms in total. The smallest absolute Gasteiger partial charge is 0.223 e. The van der Waals surface area contributed by atoms with Crippen molar-refractivity contribution in [3.63, 3.8) is 0 Å². The molecule has 1 N–H and O–H groups in total. The van der Waals surface area contributed by atoms with Gasteiger partial charge in [-0.2, -0.15) is 0 Å². The van der Waals surface area contributed by atoms with E-state index in [1.54, 1.807) is 6.20 Å². The van der Waals surface area contributed by atoms with Crippen LogP contribution in [-0.4, -0.2) is 11.5 Å². The van der Waals surface area contributed by atoms with Crippen LogP contribution in [0.5, 0.6) is 11.6 Å². The molecule has 2 aromatic rings. The average Bonchev–Trinajstić information content (AvgIpc) is 2.43. The molecule has 0 spiro atoms. The maximum absolute atomic E-state index is 6.21. The highest BCUT2D eigenvalue weighted by molar-refractivity contribution is 6.32. The quantitative estimate of drug-likeness (QED) is 0.848. The lowest BCUT2D eigenvalue weighted by Crippen LogP contribution is -2.19. The third-order valence-corrected chi connectivity index (χ3v) is 3.31. The fraction of sp³-hybridized carbons (Fsp3) is 0.353. The fourth-order valence-corrected chi connectivity index (χ4v) is 2.21. The zero-order chi connectivity index (χ0) is 15.2. The molecule has 0 amide bonds. The van der Waals surface area contributed by atoms with E-state index in [0.29, 0.717) is 22.6 Å². The number of hydrogen-bond donors (Lipinski definition) is 1. The summed E-state index contributed by atoms with van der Waals surface area (Å²) >= 11 is 6.21. The van der Waals surface area contributed by atoms with Crippen molar-refractivity contribution in [2.24, 2.45) is 5.92 Å². The van der Waals surface area contributed by atoms with Crippen molar-refractivity contribution in [3.8, 4) is 11.6 Å². The van der Waals surface area contributed by atoms with Gasteiger partial charge < -0.3 is 10.1 Å². The summed E-state index contributed by atoms with van der Waals surface area (Å²) in [5.74, 6) is 1.84. The van der Waals surface area contributed by atoms with Crippen LogP contribution in [0.15, 0.2) is 36.5 Å². The van der Waals surface area contributed by atoms with E-state index < -0.39 is 0 Å². The molecule has 0 bridgehead atoms. The zero-order valence-electron chi connectivity index (χ0n) is 12.7. The summed E-state index contributed by atoms with van der Waals surface area (Å²) in [5.41, 5.74) is 2.13. The van der Waals surface area contributed by atoms with E-state index in [1.165, 1.54) is 0 Å². The van der Waals surface area contributed by atoms with Gasteiger partial charge in [-0.05, 0) is 43.1 Å². The molecule has 21 heavy (non-hydrogen) atoms. The molecule has 4 heteroatoms. The zero-order valence-corrected chi connectivity index (χ0v) is 13.4. The molecule has 1 aromatic heterocycles. The van der Waals surface area contributed by atoms with E-state index in [-0.39, 0.29) is 0 Å². The Bertz CT molecular complexity index is 599. The number of halogens is 1. The van der Waals surface area contributed by atoms with Crippen molar-refractivity contribution in [2.45, 2.75) is 27.3 Å². The van der Waals surface area contributed by atoms with Gasteiger partial charge in [-0.25, -0.2) is 4.98 Å². The van der Waals surface area contributed by atoms with E-state index in [0.717, 1.165) is 24.2 Å². The first-order valence-electron chi connectivity index (χ1n) is 7.15. The van der Waals surface area contributed by atoms with E-state index >= 15 is 0 Å². The summed E-state index contributed by atoms with van der Waals surface area (Å²) in [4.78, 5) is 4.31. The van der Waals surface area contributed by atoms with E-state index in [4.69, 9.17) is 16.3 Å². The highest BCUT2D eigenvalue weighted by Crippen LogP contribution is 2.30. The van der Waals surface area contributed by atoms with Gasteiger partial charge in [0.25, 0.3) is 0 Å². The number of rotatable bonds is 6. The number of benzene rings is 1. The highest BCUT2D eigenvalue weighted by atomic mass is 35.5. The standard InChI is InChI=1S/C17H21ClN2O/c1-12(2)10-19-11-14-5-4-8-20-17(14)21-16-7-6-13(3)9-15(16)18/h4-9,12,19H,10-11H2,1-3H3. The molecule has 0 atom stereocenters. The number of nitrogens with zero attached hydrogens (tertiary/aromatic N) is 1. The Hall–Kier alpha value is -1.58. The van der Waals surface area contributed by atoms with Crippen LogP contribution in [0.2, 0.25) is 5.02 Å². The fourth-order valence-electron chi connectivity index (χ4n) is 1.94. The van der Waals surface area contributed by atoms with Crippen molar-refractivity contribution >= 4 is 11.6 Å². The summed E-state index contributed by atoms with van der Waals surface area (Å²) < 4.78 is 5.87. The normalized spacial score (nSPS) is 10.9. The average molecular weight is 305 g/mol. The summed E-state index contributed by atoms with van der Waals surface area (Å²) in [7, 11) is 0. The highest BCUT2D eigenvalue weighted by Gasteiger charge is 2.09. The Labute approximate surface area is 131 Å². The van der Waals surface area contributed by atoms with E-state index in [9.17, 15) is 0 Å². The molecule has 0 aliphatic rings. The molecule has 112 valence electrons. The first kappa shape index (κ1) is 15.8. The van der Waals surface area contributed by atoms with Crippen molar-refractivity contribution in [1.29, 1.82) is 0 Å². The minimum atomic E-state index is 0.597. The van der Waals surface area contributed by atoms with Crippen molar-refractivity contribution in [2.75, 3.05) is 6.54 Å². The maximum Gasteiger partial charge on any atom is 0.223 e. The van der Waals surface area contributed by atoms with Crippen LogP contribution in [0.4, 0.5) is 0 Å². The lowest BCUT2D eigenvalue weighted by atomic mass is 10.2. The molecule has 0 aliphatic carbocycles. The Morgan fingerprint density at radius 3 is 2.81 bits per heavy atom. The third-order valence-electron chi connectivity index (χ3n) is 3.01. The molecule has 0 unspecified atom stereocenters. The van der Waals surface area contributed by atoms with Crippen LogP contribution < -0.4 is 10.1 Å². The number of ether oxygens (including phenoxy) is 1. The molecule has 0 radical (unpaired) electrons. The SMILES string of the molecule is Cc1ccc(Oc2ncccc2CNCC(C)C)c(Cl)c1. The molecule has 2 rings (SSSR count). The molecule has 0 fully saturated rings. The molecule has 1 aromatic carbocycles. The van der Waals surface area contributed by atoms with Gasteiger partial charge in [0.05, 0.1) is 5.02 Å². The van der Waals surface area contributed by atoms with Gasteiger partial charge in [0.2, 0.25) is 5.88 Å². The van der Waals surface area contributed by atoms with Crippen LogP contribution in [-0.2, 0) is 6.54 Å². The summed E-state index contributed by atoms with van der Waals surface area (Å²) in [6, 6.07) is 9.66. The third kappa shape index (κ3) is 4.73. The molecule has 1 heterocycles. The number of aromatic nitrogens is 1.